The van der Waals surface area contributed by atoms with E-state index in [1.807, 2.05) is 0 Å². The predicted octanol–water partition coefficient (Wildman–Crippen LogP) is 3.55. The lowest BCUT2D eigenvalue weighted by molar-refractivity contribution is 0.108. The van der Waals surface area contributed by atoms with Crippen LogP contribution in [0.2, 0.25) is 0 Å². The van der Waals surface area contributed by atoms with Crippen molar-refractivity contribution in [2.24, 2.45) is 17.8 Å². The predicted molar refractivity (Wildman–Crippen MR) is 114 cm³/mol. The molecule has 0 aliphatic carbocycles. The molecule has 2 heterocycles. The van der Waals surface area contributed by atoms with Gasteiger partial charge in [0.2, 0.25) is 0 Å². The van der Waals surface area contributed by atoms with E-state index >= 15 is 0 Å². The number of carbonyl (C=O) groups excluding carboxylic acids is 1. The number of unbranched alkanes of at least 4 members (excludes halogenated alkanes) is 1. The van der Waals surface area contributed by atoms with Crippen molar-refractivity contribution in [3.05, 3.63) is 0 Å². The number of carbonyl (C=O) groups is 1. The van der Waals surface area contributed by atoms with Crippen LogP contribution in [0.15, 0.2) is 0 Å². The Kier molecular flexibility index (Phi) is 9.91. The van der Waals surface area contributed by atoms with Crippen molar-refractivity contribution >= 4 is 6.03 Å². The lowest BCUT2D eigenvalue weighted by atomic mass is 9.94. The third kappa shape index (κ3) is 8.39. The van der Waals surface area contributed by atoms with Gasteiger partial charge in [-0.25, -0.2) is 4.79 Å². The Labute approximate surface area is 167 Å². The van der Waals surface area contributed by atoms with E-state index in [-0.39, 0.29) is 6.03 Å². The van der Waals surface area contributed by atoms with Gasteiger partial charge >= 0.3 is 6.03 Å². The highest BCUT2D eigenvalue weighted by atomic mass is 16.2. The van der Waals surface area contributed by atoms with Gasteiger partial charge in [-0.2, -0.15) is 0 Å². The number of rotatable bonds is 9. The highest BCUT2D eigenvalue weighted by molar-refractivity contribution is 5.73. The number of nitrogens with one attached hydrogen (secondary N) is 2. The maximum atomic E-state index is 12.2. The molecule has 2 N–H and O–H groups in total. The number of amides is 2. The minimum Gasteiger partial charge on any atom is -0.338 e. The van der Waals surface area contributed by atoms with Gasteiger partial charge in [-0.05, 0) is 89.0 Å². The average Bonchev–Trinajstić information content (AvgIpc) is 2.64. The fourth-order valence-corrected chi connectivity index (χ4v) is 4.35. The van der Waals surface area contributed by atoms with Crippen molar-refractivity contribution in [2.45, 2.75) is 72.3 Å². The molecule has 2 rings (SSSR count). The molecule has 0 saturated carbocycles. The fourth-order valence-electron chi connectivity index (χ4n) is 4.35. The number of hydrogen-bond donors (Lipinski definition) is 2. The zero-order valence-electron chi connectivity index (χ0n) is 18.3. The SMILES string of the molecule is CC1CCN(CCCCNC(=O)NCC(C(C)C)N2CCC(C)CC2)CC1. The minimum absolute atomic E-state index is 0.00201. The average molecular weight is 381 g/mol. The van der Waals surface area contributed by atoms with Crippen LogP contribution in [-0.2, 0) is 0 Å². The first-order chi connectivity index (χ1) is 13.0. The molecular weight excluding hydrogens is 336 g/mol. The first-order valence-electron chi connectivity index (χ1n) is 11.4. The largest absolute Gasteiger partial charge is 0.338 e. The second-order valence-corrected chi connectivity index (χ2v) is 9.40. The van der Waals surface area contributed by atoms with Gasteiger partial charge in [0.05, 0.1) is 0 Å². The van der Waals surface area contributed by atoms with Crippen LogP contribution in [0.4, 0.5) is 4.79 Å². The molecule has 0 aromatic heterocycles. The van der Waals surface area contributed by atoms with E-state index in [9.17, 15) is 4.79 Å². The second-order valence-electron chi connectivity index (χ2n) is 9.40. The third-order valence-electron chi connectivity index (χ3n) is 6.59. The van der Waals surface area contributed by atoms with Gasteiger partial charge in [-0.1, -0.05) is 27.7 Å². The fraction of sp³-hybridized carbons (Fsp3) is 0.955. The van der Waals surface area contributed by atoms with E-state index in [1.54, 1.807) is 0 Å². The molecule has 5 heteroatoms. The molecule has 2 aliphatic rings. The summed E-state index contributed by atoms with van der Waals surface area (Å²) < 4.78 is 0. The normalized spacial score (nSPS) is 22.1. The summed E-state index contributed by atoms with van der Waals surface area (Å²) in [4.78, 5) is 17.3. The molecule has 158 valence electrons. The number of urea groups is 1. The minimum atomic E-state index is -0.00201. The van der Waals surface area contributed by atoms with Crippen molar-refractivity contribution in [3.63, 3.8) is 0 Å². The van der Waals surface area contributed by atoms with E-state index in [4.69, 9.17) is 0 Å². The van der Waals surface area contributed by atoms with Crippen LogP contribution < -0.4 is 10.6 Å². The molecule has 2 saturated heterocycles. The Bertz CT molecular complexity index is 413. The number of nitrogens with zero attached hydrogens (tertiary/aromatic N) is 2. The highest BCUT2D eigenvalue weighted by Gasteiger charge is 2.25. The molecule has 0 aromatic carbocycles. The molecule has 2 amide bonds. The zero-order valence-corrected chi connectivity index (χ0v) is 18.3. The maximum Gasteiger partial charge on any atom is 0.314 e. The first kappa shape index (κ1) is 22.5. The summed E-state index contributed by atoms with van der Waals surface area (Å²) in [6.07, 6.45) is 7.49. The molecule has 1 atom stereocenters. The van der Waals surface area contributed by atoms with E-state index in [2.05, 4.69) is 48.1 Å². The van der Waals surface area contributed by atoms with Crippen LogP contribution in [-0.4, -0.2) is 67.7 Å². The summed E-state index contributed by atoms with van der Waals surface area (Å²) in [5.74, 6) is 2.30. The molecule has 1 unspecified atom stereocenters. The quantitative estimate of drug-likeness (QED) is 0.601. The summed E-state index contributed by atoms with van der Waals surface area (Å²) in [5.41, 5.74) is 0. The summed E-state index contributed by atoms with van der Waals surface area (Å²) in [5, 5.41) is 6.16. The van der Waals surface area contributed by atoms with Gasteiger partial charge in [0.1, 0.15) is 0 Å². The molecule has 0 aromatic rings. The van der Waals surface area contributed by atoms with Crippen LogP contribution in [0.3, 0.4) is 0 Å². The second kappa shape index (κ2) is 11.9. The Morgan fingerprint density at radius 1 is 0.926 bits per heavy atom. The van der Waals surface area contributed by atoms with Crippen LogP contribution in [0.1, 0.15) is 66.2 Å². The Balaban J connectivity index is 1.55. The summed E-state index contributed by atoms with van der Waals surface area (Å²) >= 11 is 0. The number of likely N-dealkylation sites (tertiary alicyclic amines) is 2. The van der Waals surface area contributed by atoms with Gasteiger partial charge in [0.15, 0.2) is 0 Å². The van der Waals surface area contributed by atoms with Crippen LogP contribution in [0.25, 0.3) is 0 Å². The van der Waals surface area contributed by atoms with E-state index in [0.717, 1.165) is 31.3 Å². The molecule has 27 heavy (non-hydrogen) atoms. The van der Waals surface area contributed by atoms with Crippen LogP contribution in [0, 0.1) is 17.8 Å². The van der Waals surface area contributed by atoms with E-state index in [0.29, 0.717) is 12.0 Å². The highest BCUT2D eigenvalue weighted by Crippen LogP contribution is 2.21. The third-order valence-corrected chi connectivity index (χ3v) is 6.59. The molecule has 5 nitrogen and oxygen atoms in total. The smallest absolute Gasteiger partial charge is 0.314 e. The van der Waals surface area contributed by atoms with Gasteiger partial charge in [0, 0.05) is 19.1 Å². The molecule has 0 spiro atoms. The van der Waals surface area contributed by atoms with Gasteiger partial charge in [-0.15, -0.1) is 0 Å². The van der Waals surface area contributed by atoms with E-state index in [1.165, 1.54) is 64.8 Å². The Hall–Kier alpha value is -0.810. The lowest BCUT2D eigenvalue weighted by Crippen LogP contribution is -2.51. The molecule has 2 aliphatic heterocycles. The summed E-state index contributed by atoms with van der Waals surface area (Å²) in [7, 11) is 0. The number of hydrogen-bond acceptors (Lipinski definition) is 3. The van der Waals surface area contributed by atoms with E-state index < -0.39 is 0 Å². The van der Waals surface area contributed by atoms with Crippen molar-refractivity contribution < 1.29 is 4.79 Å². The first-order valence-corrected chi connectivity index (χ1v) is 11.4. The van der Waals surface area contributed by atoms with Gasteiger partial charge in [-0.3, -0.25) is 4.90 Å². The Morgan fingerprint density at radius 3 is 2.11 bits per heavy atom. The molecular formula is C22H44N4O. The van der Waals surface area contributed by atoms with Crippen LogP contribution in [0.5, 0.6) is 0 Å². The zero-order chi connectivity index (χ0) is 19.6. The van der Waals surface area contributed by atoms with Crippen molar-refractivity contribution in [2.75, 3.05) is 45.8 Å². The standard InChI is InChI=1S/C22H44N4O/c1-18(2)21(26-15-9-20(4)10-16-26)17-24-22(27)23-11-5-6-12-25-13-7-19(3)8-14-25/h18-21H,5-17H2,1-4H3,(H2,23,24,27). The topological polar surface area (TPSA) is 47.6 Å². The molecule has 0 bridgehead atoms. The van der Waals surface area contributed by atoms with Crippen molar-refractivity contribution in [1.82, 2.24) is 20.4 Å². The molecule has 0 radical (unpaired) electrons. The summed E-state index contributed by atoms with van der Waals surface area (Å²) in [6.45, 7) is 16.8. The van der Waals surface area contributed by atoms with Crippen molar-refractivity contribution in [1.29, 1.82) is 0 Å². The van der Waals surface area contributed by atoms with Crippen LogP contribution >= 0.6 is 0 Å². The Morgan fingerprint density at radius 2 is 1.52 bits per heavy atom. The maximum absolute atomic E-state index is 12.2. The van der Waals surface area contributed by atoms with Crippen molar-refractivity contribution in [3.8, 4) is 0 Å². The lowest BCUT2D eigenvalue weighted by Gasteiger charge is -2.38. The number of piperidine rings is 2. The molecule has 2 fully saturated rings. The summed E-state index contributed by atoms with van der Waals surface area (Å²) in [6, 6.07) is 0.447. The monoisotopic (exact) mass is 380 g/mol. The van der Waals surface area contributed by atoms with Gasteiger partial charge in [0.25, 0.3) is 0 Å². The van der Waals surface area contributed by atoms with Gasteiger partial charge < -0.3 is 15.5 Å².